The summed E-state index contributed by atoms with van der Waals surface area (Å²) in [5.74, 6) is -0.635. The molecule has 158 valence electrons. The van der Waals surface area contributed by atoms with Gasteiger partial charge in [-0.15, -0.1) is 11.3 Å². The molecule has 2 fully saturated rings. The summed E-state index contributed by atoms with van der Waals surface area (Å²) in [6.07, 6.45) is 0.472. The standard InChI is InChI=1S/C22H24ClN3O3S/c1-11-18(21-26-13-6-4-5-7-16(13)30-21)14(9-17(23)24-11)25-15-8-12(10-27)19-20(15)29-22(2,3)28-19/h4-7,9,12,15,19-20,27H,8,10H2,1-3H3,(H,24,25). The van der Waals surface area contributed by atoms with Crippen LogP contribution in [0.2, 0.25) is 5.15 Å². The second kappa shape index (κ2) is 7.43. The molecule has 3 aromatic rings. The molecular weight excluding hydrogens is 422 g/mol. The molecule has 6 nitrogen and oxygen atoms in total. The fourth-order valence-corrected chi connectivity index (χ4v) is 5.92. The van der Waals surface area contributed by atoms with Crippen molar-refractivity contribution in [3.63, 3.8) is 0 Å². The maximum absolute atomic E-state index is 9.87. The van der Waals surface area contributed by atoms with E-state index in [2.05, 4.69) is 16.4 Å². The van der Waals surface area contributed by atoms with Crippen LogP contribution in [0.4, 0.5) is 5.69 Å². The van der Waals surface area contributed by atoms with Crippen molar-refractivity contribution in [3.05, 3.63) is 41.2 Å². The molecular formula is C22H24ClN3O3S. The third kappa shape index (κ3) is 3.48. The van der Waals surface area contributed by atoms with Crippen molar-refractivity contribution in [2.24, 2.45) is 5.92 Å². The number of aliphatic hydroxyl groups is 1. The van der Waals surface area contributed by atoms with Crippen molar-refractivity contribution in [2.45, 2.75) is 51.2 Å². The summed E-state index contributed by atoms with van der Waals surface area (Å²) < 4.78 is 13.4. The zero-order valence-electron chi connectivity index (χ0n) is 17.1. The number of anilines is 1. The number of halogens is 1. The van der Waals surface area contributed by atoms with Crippen LogP contribution in [0.5, 0.6) is 0 Å². The number of hydrogen-bond acceptors (Lipinski definition) is 7. The Morgan fingerprint density at radius 3 is 2.77 bits per heavy atom. The molecule has 1 saturated carbocycles. The number of nitrogens with zero attached hydrogens (tertiary/aromatic N) is 2. The maximum atomic E-state index is 9.87. The van der Waals surface area contributed by atoms with Crippen LogP contribution in [-0.2, 0) is 9.47 Å². The lowest BCUT2D eigenvalue weighted by Crippen LogP contribution is -2.34. The van der Waals surface area contributed by atoms with E-state index < -0.39 is 5.79 Å². The van der Waals surface area contributed by atoms with Crippen molar-refractivity contribution in [2.75, 3.05) is 11.9 Å². The Balaban J connectivity index is 1.53. The summed E-state index contributed by atoms with van der Waals surface area (Å²) in [7, 11) is 0. The van der Waals surface area contributed by atoms with Gasteiger partial charge in [-0.3, -0.25) is 0 Å². The number of para-hydroxylation sites is 1. The molecule has 0 radical (unpaired) electrons. The van der Waals surface area contributed by atoms with Crippen LogP contribution in [0.15, 0.2) is 30.3 Å². The lowest BCUT2D eigenvalue weighted by molar-refractivity contribution is -0.158. The highest BCUT2D eigenvalue weighted by atomic mass is 35.5. The Bertz CT molecular complexity index is 1070. The Labute approximate surface area is 184 Å². The molecule has 2 N–H and O–H groups in total. The van der Waals surface area contributed by atoms with E-state index in [0.29, 0.717) is 5.15 Å². The summed E-state index contributed by atoms with van der Waals surface area (Å²) in [5, 5.41) is 14.8. The molecule has 1 aromatic carbocycles. The van der Waals surface area contributed by atoms with E-state index in [1.807, 2.05) is 45.0 Å². The summed E-state index contributed by atoms with van der Waals surface area (Å²) in [6.45, 7) is 5.85. The van der Waals surface area contributed by atoms with Gasteiger partial charge in [-0.25, -0.2) is 9.97 Å². The van der Waals surface area contributed by atoms with Gasteiger partial charge in [0, 0.05) is 18.2 Å². The van der Waals surface area contributed by atoms with E-state index in [1.165, 1.54) is 0 Å². The van der Waals surface area contributed by atoms with Gasteiger partial charge in [-0.1, -0.05) is 23.7 Å². The molecule has 2 aromatic heterocycles. The van der Waals surface area contributed by atoms with Crippen LogP contribution in [0.25, 0.3) is 20.8 Å². The number of fused-ring (bicyclic) bond motifs is 2. The first-order valence-electron chi connectivity index (χ1n) is 10.1. The molecule has 2 aliphatic rings. The van der Waals surface area contributed by atoms with Crippen LogP contribution in [0.3, 0.4) is 0 Å². The highest BCUT2D eigenvalue weighted by Crippen LogP contribution is 2.44. The Morgan fingerprint density at radius 2 is 2.00 bits per heavy atom. The SMILES string of the molecule is Cc1nc(Cl)cc(NC2CC(CO)C3OC(C)(C)OC23)c1-c1nc2ccccc2s1. The van der Waals surface area contributed by atoms with Crippen molar-refractivity contribution in [3.8, 4) is 10.6 Å². The van der Waals surface area contributed by atoms with Crippen molar-refractivity contribution < 1.29 is 14.6 Å². The van der Waals surface area contributed by atoms with Gasteiger partial charge in [0.2, 0.25) is 0 Å². The molecule has 3 heterocycles. The summed E-state index contributed by atoms with van der Waals surface area (Å²) >= 11 is 7.96. The zero-order chi connectivity index (χ0) is 21.0. The van der Waals surface area contributed by atoms with E-state index in [9.17, 15) is 5.11 Å². The van der Waals surface area contributed by atoms with E-state index in [4.69, 9.17) is 26.1 Å². The molecule has 0 amide bonds. The van der Waals surface area contributed by atoms with Gasteiger partial charge >= 0.3 is 0 Å². The van der Waals surface area contributed by atoms with Crippen molar-refractivity contribution >= 4 is 38.8 Å². The molecule has 1 aliphatic carbocycles. The number of aliphatic hydroxyl groups excluding tert-OH is 1. The predicted molar refractivity (Wildman–Crippen MR) is 119 cm³/mol. The molecule has 0 spiro atoms. The minimum Gasteiger partial charge on any atom is -0.396 e. The third-order valence-electron chi connectivity index (χ3n) is 5.83. The number of benzene rings is 1. The van der Waals surface area contributed by atoms with E-state index in [0.717, 1.165) is 38.6 Å². The minimum absolute atomic E-state index is 0.0140. The lowest BCUT2D eigenvalue weighted by atomic mass is 10.1. The van der Waals surface area contributed by atoms with Crippen molar-refractivity contribution in [1.29, 1.82) is 0 Å². The Morgan fingerprint density at radius 1 is 1.23 bits per heavy atom. The number of aromatic nitrogens is 2. The van der Waals surface area contributed by atoms with E-state index in [1.54, 1.807) is 11.3 Å². The first kappa shape index (κ1) is 20.2. The van der Waals surface area contributed by atoms with Crippen LogP contribution < -0.4 is 5.32 Å². The highest BCUT2D eigenvalue weighted by Gasteiger charge is 2.53. The van der Waals surface area contributed by atoms with Crippen LogP contribution in [0.1, 0.15) is 26.0 Å². The van der Waals surface area contributed by atoms with Gasteiger partial charge < -0.3 is 19.9 Å². The number of rotatable bonds is 4. The summed E-state index contributed by atoms with van der Waals surface area (Å²) in [6, 6.07) is 9.92. The van der Waals surface area contributed by atoms with Gasteiger partial charge in [0.1, 0.15) is 16.3 Å². The molecule has 1 aliphatic heterocycles. The zero-order valence-corrected chi connectivity index (χ0v) is 18.6. The van der Waals surface area contributed by atoms with Crippen LogP contribution in [0, 0.1) is 12.8 Å². The Hall–Kier alpha value is -1.77. The predicted octanol–water partition coefficient (Wildman–Crippen LogP) is 4.63. The molecule has 8 heteroatoms. The average molecular weight is 446 g/mol. The number of pyridine rings is 1. The van der Waals surface area contributed by atoms with Crippen LogP contribution >= 0.6 is 22.9 Å². The van der Waals surface area contributed by atoms with Gasteiger partial charge in [0.05, 0.1) is 33.6 Å². The smallest absolute Gasteiger partial charge is 0.163 e. The topological polar surface area (TPSA) is 76.5 Å². The van der Waals surface area contributed by atoms with Crippen molar-refractivity contribution in [1.82, 2.24) is 9.97 Å². The van der Waals surface area contributed by atoms with Crippen LogP contribution in [-0.4, -0.2) is 45.7 Å². The molecule has 30 heavy (non-hydrogen) atoms. The molecule has 4 atom stereocenters. The number of thiazole rings is 1. The monoisotopic (exact) mass is 445 g/mol. The largest absolute Gasteiger partial charge is 0.396 e. The fourth-order valence-electron chi connectivity index (χ4n) is 4.60. The summed E-state index contributed by atoms with van der Waals surface area (Å²) in [5.41, 5.74) is 3.61. The second-order valence-electron chi connectivity index (χ2n) is 8.43. The van der Waals surface area contributed by atoms with Gasteiger partial charge in [-0.05, 0) is 45.4 Å². The van der Waals surface area contributed by atoms with E-state index >= 15 is 0 Å². The first-order chi connectivity index (χ1) is 14.3. The Kier molecular flexibility index (Phi) is 4.99. The lowest BCUT2D eigenvalue weighted by Gasteiger charge is -2.25. The number of hydrogen-bond donors (Lipinski definition) is 2. The number of ether oxygens (including phenoxy) is 2. The summed E-state index contributed by atoms with van der Waals surface area (Å²) in [4.78, 5) is 9.30. The maximum Gasteiger partial charge on any atom is 0.163 e. The average Bonchev–Trinajstić information content (AvgIpc) is 3.32. The first-order valence-corrected chi connectivity index (χ1v) is 11.3. The van der Waals surface area contributed by atoms with Gasteiger partial charge in [0.25, 0.3) is 0 Å². The fraction of sp³-hybridized carbons (Fsp3) is 0.455. The molecule has 0 bridgehead atoms. The molecule has 1 saturated heterocycles. The molecule has 4 unspecified atom stereocenters. The third-order valence-corrected chi connectivity index (χ3v) is 7.08. The minimum atomic E-state index is -0.662. The number of aryl methyl sites for hydroxylation is 1. The van der Waals surface area contributed by atoms with E-state index in [-0.39, 0.29) is 30.8 Å². The second-order valence-corrected chi connectivity index (χ2v) is 9.85. The quantitative estimate of drug-likeness (QED) is 0.570. The van der Waals surface area contributed by atoms with Gasteiger partial charge in [0.15, 0.2) is 5.79 Å². The highest BCUT2D eigenvalue weighted by molar-refractivity contribution is 7.21. The van der Waals surface area contributed by atoms with Gasteiger partial charge in [-0.2, -0.15) is 0 Å². The molecule has 5 rings (SSSR count). The number of nitrogens with one attached hydrogen (secondary N) is 1. The normalized spacial score (nSPS) is 27.5.